The van der Waals surface area contributed by atoms with Crippen LogP contribution in [0.3, 0.4) is 0 Å². The summed E-state index contributed by atoms with van der Waals surface area (Å²) in [5.41, 5.74) is 2.00. The fourth-order valence-corrected chi connectivity index (χ4v) is 6.14. The molecule has 0 aliphatic carbocycles. The van der Waals surface area contributed by atoms with E-state index in [0.717, 1.165) is 11.3 Å². The molecule has 11 heteroatoms. The Morgan fingerprint density at radius 1 is 1.05 bits per heavy atom. The van der Waals surface area contributed by atoms with E-state index in [1.807, 2.05) is 45.2 Å². The number of amides is 1. The molecular weight excluding hydrogens is 570 g/mol. The van der Waals surface area contributed by atoms with Crippen LogP contribution < -0.4 is 18.9 Å². The lowest BCUT2D eigenvalue weighted by Crippen LogP contribution is -2.47. The van der Waals surface area contributed by atoms with Crippen LogP contribution in [0.2, 0.25) is 0 Å². The number of hydrogen-bond acceptors (Lipinski definition) is 8. The first-order valence-electron chi connectivity index (χ1n) is 14.2. The van der Waals surface area contributed by atoms with Gasteiger partial charge in [-0.2, -0.15) is 0 Å². The fraction of sp³-hybridized carbons (Fsp3) is 0.406. The molecule has 0 saturated heterocycles. The van der Waals surface area contributed by atoms with Crippen molar-refractivity contribution in [1.29, 1.82) is 0 Å². The third-order valence-electron chi connectivity index (χ3n) is 7.64. The summed E-state index contributed by atoms with van der Waals surface area (Å²) in [5, 5.41) is 9.92. The number of sulfonamides is 1. The minimum atomic E-state index is -3.89. The molecule has 2 N–H and O–H groups in total. The smallest absolute Gasteiger partial charge is 0.261 e. The molecule has 1 aliphatic heterocycles. The zero-order chi connectivity index (χ0) is 31.1. The van der Waals surface area contributed by atoms with Gasteiger partial charge >= 0.3 is 0 Å². The van der Waals surface area contributed by atoms with Crippen LogP contribution in [0.4, 0.5) is 5.69 Å². The average molecular weight is 612 g/mol. The number of carbonyl (C=O) groups is 1. The molecule has 1 aliphatic rings. The lowest BCUT2D eigenvalue weighted by atomic mass is 10.0. The molecule has 3 atom stereocenters. The quantitative estimate of drug-likeness (QED) is 0.337. The van der Waals surface area contributed by atoms with E-state index in [2.05, 4.69) is 9.62 Å². The van der Waals surface area contributed by atoms with Crippen LogP contribution in [0.15, 0.2) is 71.6 Å². The van der Waals surface area contributed by atoms with Gasteiger partial charge in [-0.25, -0.2) is 8.42 Å². The molecule has 0 bridgehead atoms. The third kappa shape index (κ3) is 8.19. The molecule has 4 rings (SSSR count). The van der Waals surface area contributed by atoms with E-state index >= 15 is 0 Å². The SMILES string of the molecule is COc1ccc(CN(C)C[C@@H]2Oc3ccc(NS(=O)(=O)c4ccc(OC)cc4)cc3CC(=O)N([C@@H](C)CO)C[C@H]2C)cc1. The molecule has 43 heavy (non-hydrogen) atoms. The normalized spacial score (nSPS) is 18.1. The number of ether oxygens (including phenoxy) is 3. The Kier molecular flexibility index (Phi) is 10.5. The lowest BCUT2D eigenvalue weighted by molar-refractivity contribution is -0.134. The molecule has 3 aromatic rings. The molecule has 0 spiro atoms. The molecule has 0 fully saturated rings. The average Bonchev–Trinajstić information content (AvgIpc) is 3.04. The van der Waals surface area contributed by atoms with Crippen LogP contribution in [0.1, 0.15) is 25.0 Å². The van der Waals surface area contributed by atoms with Crippen molar-refractivity contribution in [2.75, 3.05) is 45.7 Å². The lowest BCUT2D eigenvalue weighted by Gasteiger charge is -2.34. The zero-order valence-corrected chi connectivity index (χ0v) is 26.1. The number of nitrogens with one attached hydrogen (secondary N) is 1. The Labute approximate surface area is 254 Å². The van der Waals surface area contributed by atoms with E-state index < -0.39 is 10.0 Å². The first kappa shape index (κ1) is 32.1. The zero-order valence-electron chi connectivity index (χ0n) is 25.3. The first-order chi connectivity index (χ1) is 20.5. The molecule has 3 aromatic carbocycles. The second kappa shape index (κ2) is 14.1. The van der Waals surface area contributed by atoms with Crippen LogP contribution in [0, 0.1) is 5.92 Å². The molecule has 1 amide bonds. The highest BCUT2D eigenvalue weighted by molar-refractivity contribution is 7.92. The summed E-state index contributed by atoms with van der Waals surface area (Å²) >= 11 is 0. The van der Waals surface area contributed by atoms with Crippen molar-refractivity contribution in [1.82, 2.24) is 9.80 Å². The summed E-state index contributed by atoms with van der Waals surface area (Å²) in [6.45, 7) is 5.36. The highest BCUT2D eigenvalue weighted by Gasteiger charge is 2.31. The predicted octanol–water partition coefficient (Wildman–Crippen LogP) is 3.79. The van der Waals surface area contributed by atoms with Crippen molar-refractivity contribution in [3.8, 4) is 17.2 Å². The molecular formula is C32H41N3O7S. The Morgan fingerprint density at radius 2 is 1.67 bits per heavy atom. The van der Waals surface area contributed by atoms with E-state index in [9.17, 15) is 18.3 Å². The second-order valence-electron chi connectivity index (χ2n) is 11.0. The minimum Gasteiger partial charge on any atom is -0.497 e. The van der Waals surface area contributed by atoms with Crippen LogP contribution in [0.5, 0.6) is 17.2 Å². The van der Waals surface area contributed by atoms with E-state index in [4.69, 9.17) is 14.2 Å². The maximum Gasteiger partial charge on any atom is 0.261 e. The molecule has 0 radical (unpaired) electrons. The predicted molar refractivity (Wildman–Crippen MR) is 165 cm³/mol. The summed E-state index contributed by atoms with van der Waals surface area (Å²) in [4.78, 5) is 17.5. The number of rotatable bonds is 11. The Balaban J connectivity index is 1.60. The monoisotopic (exact) mass is 611 g/mol. The minimum absolute atomic E-state index is 0.00109. The Morgan fingerprint density at radius 3 is 2.28 bits per heavy atom. The van der Waals surface area contributed by atoms with Gasteiger partial charge in [0.25, 0.3) is 10.0 Å². The fourth-order valence-electron chi connectivity index (χ4n) is 5.09. The van der Waals surface area contributed by atoms with Crippen molar-refractivity contribution in [2.24, 2.45) is 5.92 Å². The molecule has 0 unspecified atom stereocenters. The van der Waals surface area contributed by atoms with Gasteiger partial charge in [-0.05, 0) is 74.1 Å². The van der Waals surface area contributed by atoms with Gasteiger partial charge in [-0.15, -0.1) is 0 Å². The maximum atomic E-state index is 13.5. The number of methoxy groups -OCH3 is 2. The number of likely N-dealkylation sites (N-methyl/N-ethyl adjacent to an activating group) is 1. The van der Waals surface area contributed by atoms with Gasteiger partial charge in [0.05, 0.1) is 38.2 Å². The topological polar surface area (TPSA) is 118 Å². The number of aliphatic hydroxyl groups is 1. The number of carbonyl (C=O) groups excluding carboxylic acids is 1. The molecule has 1 heterocycles. The van der Waals surface area contributed by atoms with Gasteiger partial charge in [-0.3, -0.25) is 14.4 Å². The van der Waals surface area contributed by atoms with Crippen LogP contribution in [-0.2, 0) is 27.8 Å². The van der Waals surface area contributed by atoms with Crippen molar-refractivity contribution >= 4 is 21.6 Å². The number of anilines is 1. The van der Waals surface area contributed by atoms with E-state index in [0.29, 0.717) is 42.4 Å². The van der Waals surface area contributed by atoms with Crippen molar-refractivity contribution in [3.63, 3.8) is 0 Å². The summed E-state index contributed by atoms with van der Waals surface area (Å²) in [7, 11) is 1.28. The van der Waals surface area contributed by atoms with Gasteiger partial charge in [0, 0.05) is 36.8 Å². The Bertz CT molecular complexity index is 1480. The highest BCUT2D eigenvalue weighted by atomic mass is 32.2. The number of nitrogens with zero attached hydrogens (tertiary/aromatic N) is 2. The van der Waals surface area contributed by atoms with Crippen LogP contribution in [0.25, 0.3) is 0 Å². The second-order valence-corrected chi connectivity index (χ2v) is 12.7. The molecule has 10 nitrogen and oxygen atoms in total. The summed E-state index contributed by atoms with van der Waals surface area (Å²) in [6, 6.07) is 18.6. The first-order valence-corrected chi connectivity index (χ1v) is 15.7. The van der Waals surface area contributed by atoms with Crippen molar-refractivity contribution in [3.05, 3.63) is 77.9 Å². The molecule has 0 saturated carbocycles. The van der Waals surface area contributed by atoms with Gasteiger partial charge in [0.15, 0.2) is 0 Å². The maximum absolute atomic E-state index is 13.5. The number of benzene rings is 3. The van der Waals surface area contributed by atoms with Gasteiger partial charge in [0.1, 0.15) is 23.4 Å². The molecule has 0 aromatic heterocycles. The van der Waals surface area contributed by atoms with Crippen molar-refractivity contribution < 1.29 is 32.5 Å². The Hall–Kier alpha value is -3.80. The molecule has 232 valence electrons. The number of aliphatic hydroxyl groups excluding tert-OH is 1. The van der Waals surface area contributed by atoms with Gasteiger partial charge in [0.2, 0.25) is 5.91 Å². The van der Waals surface area contributed by atoms with E-state index in [1.54, 1.807) is 42.3 Å². The number of hydrogen-bond donors (Lipinski definition) is 2. The van der Waals surface area contributed by atoms with E-state index in [-0.39, 0.29) is 41.9 Å². The summed E-state index contributed by atoms with van der Waals surface area (Å²) in [5.74, 6) is 1.64. The summed E-state index contributed by atoms with van der Waals surface area (Å²) in [6.07, 6.45) is -0.290. The van der Waals surface area contributed by atoms with E-state index in [1.165, 1.54) is 19.2 Å². The van der Waals surface area contributed by atoms with Gasteiger partial charge in [-0.1, -0.05) is 19.1 Å². The standard InChI is InChI=1S/C32H41N3O7S/c1-22-18-35(23(2)21-36)32(37)17-25-16-26(33-43(38,39)29-13-11-28(41-5)12-14-29)8-15-30(25)42-31(22)20-34(3)19-24-6-9-27(40-4)10-7-24/h6-16,22-23,31,33,36H,17-21H2,1-5H3/t22-,23+,31+/m1/s1. The van der Waals surface area contributed by atoms with Crippen LogP contribution in [-0.4, -0.2) is 82.3 Å². The number of fused-ring (bicyclic) bond motifs is 1. The largest absolute Gasteiger partial charge is 0.497 e. The summed E-state index contributed by atoms with van der Waals surface area (Å²) < 4.78 is 45.8. The third-order valence-corrected chi connectivity index (χ3v) is 9.04. The van der Waals surface area contributed by atoms with Gasteiger partial charge < -0.3 is 24.2 Å². The van der Waals surface area contributed by atoms with Crippen molar-refractivity contribution in [2.45, 2.75) is 43.9 Å². The van der Waals surface area contributed by atoms with Crippen LogP contribution >= 0.6 is 0 Å². The highest BCUT2D eigenvalue weighted by Crippen LogP contribution is 2.30.